The Morgan fingerprint density at radius 3 is 2.63 bits per heavy atom. The molecular formula is C11H13F2NO4S. The van der Waals surface area contributed by atoms with E-state index in [1.54, 1.807) is 13.8 Å². The number of amides is 1. The first-order valence-corrected chi connectivity index (χ1v) is 6.23. The van der Waals surface area contributed by atoms with E-state index >= 15 is 0 Å². The fourth-order valence-electron chi connectivity index (χ4n) is 1.46. The van der Waals surface area contributed by atoms with Gasteiger partial charge in [0.1, 0.15) is 17.2 Å². The van der Waals surface area contributed by atoms with Crippen LogP contribution in [0.3, 0.4) is 0 Å². The fraction of sp³-hybridized carbons (Fsp3) is 0.455. The molecule has 1 rings (SSSR count). The average Bonchev–Trinajstić information content (AvgIpc) is 2.65. The van der Waals surface area contributed by atoms with Gasteiger partial charge in [-0.25, -0.2) is 0 Å². The molecule has 0 unspecified atom stereocenters. The van der Waals surface area contributed by atoms with Crippen LogP contribution < -0.4 is 4.74 Å². The van der Waals surface area contributed by atoms with E-state index in [4.69, 9.17) is 5.11 Å². The van der Waals surface area contributed by atoms with E-state index in [-0.39, 0.29) is 17.2 Å². The molecule has 1 amide bonds. The summed E-state index contributed by atoms with van der Waals surface area (Å²) >= 11 is 0.993. The van der Waals surface area contributed by atoms with E-state index in [0.29, 0.717) is 4.88 Å². The van der Waals surface area contributed by atoms with E-state index in [0.717, 1.165) is 16.2 Å². The third-order valence-electron chi connectivity index (χ3n) is 2.23. The Morgan fingerprint density at radius 2 is 2.16 bits per heavy atom. The van der Waals surface area contributed by atoms with Crippen molar-refractivity contribution >= 4 is 23.2 Å². The van der Waals surface area contributed by atoms with E-state index in [1.807, 2.05) is 0 Å². The Morgan fingerprint density at radius 1 is 1.53 bits per heavy atom. The third-order valence-corrected chi connectivity index (χ3v) is 3.25. The lowest BCUT2D eigenvalue weighted by Gasteiger charge is -2.18. The molecule has 106 valence electrons. The van der Waals surface area contributed by atoms with Crippen LogP contribution >= 0.6 is 11.3 Å². The van der Waals surface area contributed by atoms with Gasteiger partial charge in [0.25, 0.3) is 5.91 Å². The highest BCUT2D eigenvalue weighted by Crippen LogP contribution is 2.31. The monoisotopic (exact) mass is 293 g/mol. The molecule has 0 atom stereocenters. The number of aryl methyl sites for hydroxylation is 1. The van der Waals surface area contributed by atoms with Crippen molar-refractivity contribution < 1.29 is 28.2 Å². The van der Waals surface area contributed by atoms with Crippen LogP contribution in [0.25, 0.3) is 0 Å². The number of carbonyl (C=O) groups is 2. The van der Waals surface area contributed by atoms with E-state index in [1.165, 1.54) is 6.07 Å². The molecule has 1 heterocycles. The summed E-state index contributed by atoms with van der Waals surface area (Å²) in [4.78, 5) is 24.4. The lowest BCUT2D eigenvalue weighted by molar-refractivity contribution is -0.137. The summed E-state index contributed by atoms with van der Waals surface area (Å²) in [6, 6.07) is 1.33. The van der Waals surface area contributed by atoms with Crippen LogP contribution in [0.1, 0.15) is 21.5 Å². The first-order chi connectivity index (χ1) is 8.85. The van der Waals surface area contributed by atoms with Gasteiger partial charge in [0.05, 0.1) is 0 Å². The summed E-state index contributed by atoms with van der Waals surface area (Å²) < 4.78 is 28.7. The second-order valence-corrected chi connectivity index (χ2v) is 4.90. The van der Waals surface area contributed by atoms with Crippen LogP contribution in [0.5, 0.6) is 5.75 Å². The van der Waals surface area contributed by atoms with Gasteiger partial charge in [-0.05, 0) is 19.9 Å². The molecule has 1 N–H and O–H groups in total. The highest BCUT2D eigenvalue weighted by molar-refractivity contribution is 7.14. The van der Waals surface area contributed by atoms with Gasteiger partial charge in [0, 0.05) is 11.4 Å². The maximum Gasteiger partial charge on any atom is 0.387 e. The summed E-state index contributed by atoms with van der Waals surface area (Å²) in [7, 11) is 0. The number of aliphatic carboxylic acids is 1. The summed E-state index contributed by atoms with van der Waals surface area (Å²) in [5.41, 5.74) is 0. The highest BCUT2D eigenvalue weighted by Gasteiger charge is 2.24. The standard InChI is InChI=1S/C11H13F2NO4S/c1-3-14(5-8(15)16)10(17)9-7(18-11(12)13)4-6(2)19-9/h4,11H,3,5H2,1-2H3,(H,15,16). The van der Waals surface area contributed by atoms with Gasteiger partial charge in [0.15, 0.2) is 0 Å². The molecule has 0 aliphatic rings. The number of hydrogen-bond donors (Lipinski definition) is 1. The number of halogens is 2. The number of thiophene rings is 1. The van der Waals surface area contributed by atoms with E-state index in [9.17, 15) is 18.4 Å². The average molecular weight is 293 g/mol. The third kappa shape index (κ3) is 4.16. The normalized spacial score (nSPS) is 10.6. The number of likely N-dealkylation sites (N-methyl/N-ethyl adjacent to an activating group) is 1. The predicted octanol–water partition coefficient (Wildman–Crippen LogP) is 2.20. The van der Waals surface area contributed by atoms with Crippen molar-refractivity contribution in [1.82, 2.24) is 4.90 Å². The molecule has 0 aliphatic heterocycles. The van der Waals surface area contributed by atoms with Gasteiger partial charge in [-0.3, -0.25) is 9.59 Å². The van der Waals surface area contributed by atoms with Crippen molar-refractivity contribution in [2.24, 2.45) is 0 Å². The Hall–Kier alpha value is -1.70. The van der Waals surface area contributed by atoms with E-state index < -0.39 is 25.0 Å². The smallest absolute Gasteiger partial charge is 0.387 e. The molecule has 19 heavy (non-hydrogen) atoms. The van der Waals surface area contributed by atoms with Crippen LogP contribution in [-0.2, 0) is 4.79 Å². The second kappa shape index (κ2) is 6.46. The number of carboxylic acid groups (broad SMARTS) is 1. The summed E-state index contributed by atoms with van der Waals surface area (Å²) in [5.74, 6) is -2.01. The summed E-state index contributed by atoms with van der Waals surface area (Å²) in [5, 5.41) is 8.69. The van der Waals surface area contributed by atoms with Gasteiger partial charge in [-0.15, -0.1) is 11.3 Å². The molecule has 0 fully saturated rings. The molecule has 0 aliphatic carbocycles. The summed E-state index contributed by atoms with van der Waals surface area (Å²) in [6.45, 7) is -0.103. The number of carbonyl (C=O) groups excluding carboxylic acids is 1. The molecule has 5 nitrogen and oxygen atoms in total. The van der Waals surface area contributed by atoms with Crippen molar-refractivity contribution in [3.63, 3.8) is 0 Å². The van der Waals surface area contributed by atoms with Crippen LogP contribution in [0.2, 0.25) is 0 Å². The van der Waals surface area contributed by atoms with Crippen LogP contribution in [0, 0.1) is 6.92 Å². The molecule has 0 radical (unpaired) electrons. The molecular weight excluding hydrogens is 280 g/mol. The van der Waals surface area contributed by atoms with Crippen molar-refractivity contribution in [1.29, 1.82) is 0 Å². The van der Waals surface area contributed by atoms with Crippen molar-refractivity contribution in [3.05, 3.63) is 15.8 Å². The number of alkyl halides is 2. The number of ether oxygens (including phenoxy) is 1. The first-order valence-electron chi connectivity index (χ1n) is 5.41. The molecule has 1 aromatic heterocycles. The van der Waals surface area contributed by atoms with E-state index in [2.05, 4.69) is 4.74 Å². The Bertz CT molecular complexity index is 475. The quantitative estimate of drug-likeness (QED) is 0.873. The molecule has 0 spiro atoms. The zero-order valence-electron chi connectivity index (χ0n) is 10.4. The minimum Gasteiger partial charge on any atom is -0.480 e. The Labute approximate surface area is 112 Å². The maximum absolute atomic E-state index is 12.2. The molecule has 8 heteroatoms. The maximum atomic E-state index is 12.2. The van der Waals surface area contributed by atoms with Gasteiger partial charge in [0.2, 0.25) is 0 Å². The van der Waals surface area contributed by atoms with Gasteiger partial charge >= 0.3 is 12.6 Å². The minimum atomic E-state index is -3.03. The number of carboxylic acids is 1. The number of rotatable bonds is 6. The minimum absolute atomic E-state index is 0.0131. The topological polar surface area (TPSA) is 66.8 Å². The highest BCUT2D eigenvalue weighted by atomic mass is 32.1. The molecule has 0 saturated carbocycles. The zero-order valence-corrected chi connectivity index (χ0v) is 11.2. The molecule has 0 aromatic carbocycles. The molecule has 1 aromatic rings. The van der Waals surface area contributed by atoms with Crippen LogP contribution in [0.4, 0.5) is 8.78 Å². The van der Waals surface area contributed by atoms with Crippen molar-refractivity contribution in [3.8, 4) is 5.75 Å². The molecule has 0 bridgehead atoms. The SMILES string of the molecule is CCN(CC(=O)O)C(=O)c1sc(C)cc1OC(F)F. The second-order valence-electron chi connectivity index (χ2n) is 3.64. The largest absolute Gasteiger partial charge is 0.480 e. The number of hydrogen-bond acceptors (Lipinski definition) is 4. The van der Waals surface area contributed by atoms with Crippen LogP contribution in [-0.4, -0.2) is 41.6 Å². The molecule has 0 saturated heterocycles. The van der Waals surface area contributed by atoms with Crippen molar-refractivity contribution in [2.75, 3.05) is 13.1 Å². The van der Waals surface area contributed by atoms with Crippen molar-refractivity contribution in [2.45, 2.75) is 20.5 Å². The zero-order chi connectivity index (χ0) is 14.6. The van der Waals surface area contributed by atoms with Gasteiger partial charge < -0.3 is 14.7 Å². The fourth-order valence-corrected chi connectivity index (χ4v) is 2.37. The van der Waals surface area contributed by atoms with Gasteiger partial charge in [-0.1, -0.05) is 0 Å². The first kappa shape index (κ1) is 15.4. The van der Waals surface area contributed by atoms with Crippen LogP contribution in [0.15, 0.2) is 6.07 Å². The Balaban J connectivity index is 3.00. The predicted molar refractivity (Wildman–Crippen MR) is 64.9 cm³/mol. The summed E-state index contributed by atoms with van der Waals surface area (Å²) in [6.07, 6.45) is 0. The Kier molecular flexibility index (Phi) is 5.22. The lowest BCUT2D eigenvalue weighted by Crippen LogP contribution is -2.35. The number of nitrogens with zero attached hydrogens (tertiary/aromatic N) is 1. The van der Waals surface area contributed by atoms with Gasteiger partial charge in [-0.2, -0.15) is 8.78 Å². The lowest BCUT2D eigenvalue weighted by atomic mass is 10.3.